The van der Waals surface area contributed by atoms with Crippen LogP contribution in [0, 0.1) is 0 Å². The number of ether oxygens (including phenoxy) is 2. The van der Waals surface area contributed by atoms with Crippen molar-refractivity contribution in [3.63, 3.8) is 0 Å². The second kappa shape index (κ2) is 7.92. The normalized spacial score (nSPS) is 12.2. The van der Waals surface area contributed by atoms with E-state index in [9.17, 15) is 9.90 Å². The summed E-state index contributed by atoms with van der Waals surface area (Å²) in [5, 5.41) is 15.6. The van der Waals surface area contributed by atoms with Gasteiger partial charge in [0, 0.05) is 10.9 Å². The summed E-state index contributed by atoms with van der Waals surface area (Å²) in [6, 6.07) is 14.8. The molecule has 1 N–H and O–H groups in total. The number of aromatic nitrogens is 2. The van der Waals surface area contributed by atoms with E-state index in [1.807, 2.05) is 36.4 Å². The maximum Gasteiger partial charge on any atom is 0.274 e. The maximum absolute atomic E-state index is 12.4. The van der Waals surface area contributed by atoms with Crippen LogP contribution in [-0.4, -0.2) is 34.7 Å². The predicted octanol–water partition coefficient (Wildman–Crippen LogP) is 1.98. The Morgan fingerprint density at radius 2 is 1.92 bits per heavy atom. The molecular weight excluding hydrogens is 320 g/mol. The lowest BCUT2D eigenvalue weighted by Crippen LogP contribution is -2.31. The van der Waals surface area contributed by atoms with Gasteiger partial charge in [-0.2, -0.15) is 5.10 Å². The standard InChI is InChI=1S/C19H20N2O4/c1-24-18-9-5-3-7-15(18)12-25-13-16(22)11-21-19(23)17-8-4-2-6-14(17)10-20-21/h2-10,16,22H,11-13H2,1H3. The molecule has 1 unspecified atom stereocenters. The molecule has 6 nitrogen and oxygen atoms in total. The molecule has 1 atom stereocenters. The van der Waals surface area contributed by atoms with Crippen LogP contribution in [-0.2, 0) is 17.9 Å². The van der Waals surface area contributed by atoms with Crippen LogP contribution in [0.4, 0.5) is 0 Å². The van der Waals surface area contributed by atoms with E-state index in [1.165, 1.54) is 4.68 Å². The third kappa shape index (κ3) is 4.04. The number of rotatable bonds is 7. The predicted molar refractivity (Wildman–Crippen MR) is 94.7 cm³/mol. The lowest BCUT2D eigenvalue weighted by Gasteiger charge is -2.14. The van der Waals surface area contributed by atoms with Crippen molar-refractivity contribution in [2.24, 2.45) is 0 Å². The van der Waals surface area contributed by atoms with E-state index in [-0.39, 0.29) is 18.7 Å². The molecule has 0 saturated carbocycles. The van der Waals surface area contributed by atoms with Crippen molar-refractivity contribution in [3.05, 3.63) is 70.6 Å². The second-order valence-corrected chi connectivity index (χ2v) is 5.70. The summed E-state index contributed by atoms with van der Waals surface area (Å²) in [7, 11) is 1.60. The summed E-state index contributed by atoms with van der Waals surface area (Å²) in [5.41, 5.74) is 0.681. The van der Waals surface area contributed by atoms with E-state index in [1.54, 1.807) is 25.4 Å². The Labute approximate surface area is 145 Å². The molecule has 25 heavy (non-hydrogen) atoms. The highest BCUT2D eigenvalue weighted by Gasteiger charge is 2.10. The number of benzene rings is 2. The van der Waals surface area contributed by atoms with E-state index in [4.69, 9.17) is 9.47 Å². The summed E-state index contributed by atoms with van der Waals surface area (Å²) in [4.78, 5) is 12.4. The zero-order valence-electron chi connectivity index (χ0n) is 14.0. The summed E-state index contributed by atoms with van der Waals surface area (Å²) in [6.45, 7) is 0.496. The van der Waals surface area contributed by atoms with E-state index in [0.717, 1.165) is 16.7 Å². The van der Waals surface area contributed by atoms with Crippen LogP contribution in [0.2, 0.25) is 0 Å². The first-order valence-corrected chi connectivity index (χ1v) is 8.01. The van der Waals surface area contributed by atoms with Gasteiger partial charge in [0.25, 0.3) is 5.56 Å². The van der Waals surface area contributed by atoms with E-state index < -0.39 is 6.10 Å². The Morgan fingerprint density at radius 3 is 2.76 bits per heavy atom. The van der Waals surface area contributed by atoms with Crippen molar-refractivity contribution in [1.29, 1.82) is 0 Å². The minimum absolute atomic E-state index is 0.0790. The van der Waals surface area contributed by atoms with Crippen LogP contribution in [0.3, 0.4) is 0 Å². The first kappa shape index (κ1) is 17.1. The molecular formula is C19H20N2O4. The molecule has 0 spiro atoms. The Bertz CT molecular complexity index is 907. The monoisotopic (exact) mass is 340 g/mol. The van der Waals surface area contributed by atoms with Gasteiger partial charge in [-0.15, -0.1) is 0 Å². The number of methoxy groups -OCH3 is 1. The highest BCUT2D eigenvalue weighted by Crippen LogP contribution is 2.18. The lowest BCUT2D eigenvalue weighted by atomic mass is 10.2. The maximum atomic E-state index is 12.4. The van der Waals surface area contributed by atoms with Crippen LogP contribution in [0.15, 0.2) is 59.5 Å². The molecule has 0 bridgehead atoms. The molecule has 1 heterocycles. The highest BCUT2D eigenvalue weighted by molar-refractivity contribution is 5.80. The number of aliphatic hydroxyl groups is 1. The molecule has 3 aromatic rings. The average Bonchev–Trinajstić information content (AvgIpc) is 2.64. The third-order valence-corrected chi connectivity index (χ3v) is 3.91. The molecule has 0 aliphatic rings. The smallest absolute Gasteiger partial charge is 0.274 e. The van der Waals surface area contributed by atoms with Gasteiger partial charge < -0.3 is 14.6 Å². The number of fused-ring (bicyclic) bond motifs is 1. The molecule has 0 fully saturated rings. The van der Waals surface area contributed by atoms with Gasteiger partial charge in [-0.3, -0.25) is 4.79 Å². The van der Waals surface area contributed by atoms with Gasteiger partial charge in [-0.05, 0) is 12.1 Å². The number of hydrogen-bond donors (Lipinski definition) is 1. The highest BCUT2D eigenvalue weighted by atomic mass is 16.5. The lowest BCUT2D eigenvalue weighted by molar-refractivity contribution is 0.0175. The van der Waals surface area contributed by atoms with Crippen molar-refractivity contribution in [2.45, 2.75) is 19.3 Å². The summed E-state index contributed by atoms with van der Waals surface area (Å²) < 4.78 is 12.1. The van der Waals surface area contributed by atoms with Crippen LogP contribution in [0.5, 0.6) is 5.75 Å². The molecule has 6 heteroatoms. The number of aliphatic hydroxyl groups excluding tert-OH is 1. The van der Waals surface area contributed by atoms with Gasteiger partial charge in [0.15, 0.2) is 0 Å². The average molecular weight is 340 g/mol. The largest absolute Gasteiger partial charge is 0.496 e. The van der Waals surface area contributed by atoms with Crippen LogP contribution < -0.4 is 10.3 Å². The van der Waals surface area contributed by atoms with Crippen molar-refractivity contribution in [3.8, 4) is 5.75 Å². The fourth-order valence-electron chi connectivity index (χ4n) is 2.64. The molecule has 0 aliphatic carbocycles. The van der Waals surface area contributed by atoms with E-state index in [2.05, 4.69) is 5.10 Å². The topological polar surface area (TPSA) is 73.6 Å². The van der Waals surface area contributed by atoms with Crippen LogP contribution in [0.1, 0.15) is 5.56 Å². The van der Waals surface area contributed by atoms with Gasteiger partial charge in [-0.25, -0.2) is 4.68 Å². The molecule has 1 aromatic heterocycles. The second-order valence-electron chi connectivity index (χ2n) is 5.70. The van der Waals surface area contributed by atoms with Gasteiger partial charge in [-0.1, -0.05) is 36.4 Å². The van der Waals surface area contributed by atoms with Crippen LogP contribution >= 0.6 is 0 Å². The molecule has 3 rings (SSSR count). The first-order valence-electron chi connectivity index (χ1n) is 8.01. The number of nitrogens with zero attached hydrogens (tertiary/aromatic N) is 2. The van der Waals surface area contributed by atoms with E-state index in [0.29, 0.717) is 12.0 Å². The van der Waals surface area contributed by atoms with Gasteiger partial charge in [0.1, 0.15) is 5.75 Å². The molecule has 0 amide bonds. The van der Waals surface area contributed by atoms with Crippen molar-refractivity contribution in [2.75, 3.05) is 13.7 Å². The van der Waals surface area contributed by atoms with Gasteiger partial charge in [0.2, 0.25) is 0 Å². The van der Waals surface area contributed by atoms with Crippen molar-refractivity contribution < 1.29 is 14.6 Å². The quantitative estimate of drug-likeness (QED) is 0.712. The first-order chi connectivity index (χ1) is 12.2. The van der Waals surface area contributed by atoms with Crippen molar-refractivity contribution >= 4 is 10.8 Å². The molecule has 0 aliphatic heterocycles. The zero-order valence-corrected chi connectivity index (χ0v) is 14.0. The Balaban J connectivity index is 1.60. The third-order valence-electron chi connectivity index (χ3n) is 3.91. The van der Waals surface area contributed by atoms with E-state index >= 15 is 0 Å². The molecule has 0 radical (unpaired) electrons. The van der Waals surface area contributed by atoms with Crippen LogP contribution in [0.25, 0.3) is 10.8 Å². The number of para-hydroxylation sites is 1. The Hall–Kier alpha value is -2.70. The summed E-state index contributed by atoms with van der Waals surface area (Å²) >= 11 is 0. The van der Waals surface area contributed by atoms with Crippen molar-refractivity contribution in [1.82, 2.24) is 9.78 Å². The Morgan fingerprint density at radius 1 is 1.16 bits per heavy atom. The molecule has 2 aromatic carbocycles. The Kier molecular flexibility index (Phi) is 5.42. The minimum Gasteiger partial charge on any atom is -0.496 e. The summed E-state index contributed by atoms with van der Waals surface area (Å²) in [5.74, 6) is 0.740. The van der Waals surface area contributed by atoms with Gasteiger partial charge in [0.05, 0.1) is 44.6 Å². The zero-order chi connectivity index (χ0) is 17.6. The summed E-state index contributed by atoms with van der Waals surface area (Å²) in [6.07, 6.45) is 0.792. The fraction of sp³-hybridized carbons (Fsp3) is 0.263. The SMILES string of the molecule is COc1ccccc1COCC(O)Cn1ncc2ccccc2c1=O. The van der Waals surface area contributed by atoms with Gasteiger partial charge >= 0.3 is 0 Å². The molecule has 130 valence electrons. The number of hydrogen-bond acceptors (Lipinski definition) is 5. The minimum atomic E-state index is -0.832. The molecule has 0 saturated heterocycles. The fourth-order valence-corrected chi connectivity index (χ4v) is 2.64.